The van der Waals surface area contributed by atoms with Crippen LogP contribution in [0.2, 0.25) is 5.02 Å². The van der Waals surface area contributed by atoms with Crippen LogP contribution in [-0.4, -0.2) is 31.6 Å². The van der Waals surface area contributed by atoms with Crippen molar-refractivity contribution in [3.8, 4) is 11.5 Å². The normalized spacial score (nSPS) is 12.8. The highest BCUT2D eigenvalue weighted by molar-refractivity contribution is 6.32. The average molecular weight is 389 g/mol. The van der Waals surface area contributed by atoms with Crippen molar-refractivity contribution in [2.45, 2.75) is 19.4 Å². The van der Waals surface area contributed by atoms with Gasteiger partial charge in [0.25, 0.3) is 0 Å². The summed E-state index contributed by atoms with van der Waals surface area (Å²) >= 11 is 6.24. The Bertz CT molecular complexity index is 811. The van der Waals surface area contributed by atoms with E-state index in [-0.39, 0.29) is 31.3 Å². The molecule has 2 aromatic carbocycles. The first-order valence-corrected chi connectivity index (χ1v) is 9.15. The Morgan fingerprint density at radius 2 is 1.74 bits per heavy atom. The molecule has 2 aromatic rings. The lowest BCUT2D eigenvalue weighted by molar-refractivity contribution is -0.125. The van der Waals surface area contributed by atoms with Crippen molar-refractivity contribution in [2.75, 3.05) is 19.8 Å². The Morgan fingerprint density at radius 1 is 0.963 bits per heavy atom. The van der Waals surface area contributed by atoms with Gasteiger partial charge >= 0.3 is 0 Å². The van der Waals surface area contributed by atoms with Gasteiger partial charge in [0.15, 0.2) is 11.5 Å². The van der Waals surface area contributed by atoms with E-state index in [4.69, 9.17) is 21.1 Å². The van der Waals surface area contributed by atoms with Gasteiger partial charge in [-0.05, 0) is 23.3 Å². The summed E-state index contributed by atoms with van der Waals surface area (Å²) < 4.78 is 11.2. The van der Waals surface area contributed by atoms with E-state index in [2.05, 4.69) is 10.6 Å². The van der Waals surface area contributed by atoms with Crippen molar-refractivity contribution < 1.29 is 19.1 Å². The summed E-state index contributed by atoms with van der Waals surface area (Å²) in [6.07, 6.45) is 1.03. The summed E-state index contributed by atoms with van der Waals surface area (Å²) in [6.45, 7) is 1.33. The molecule has 0 aliphatic carbocycles. The standard InChI is InChI=1S/C20H21ClN2O4/c21-16-9-15(10-17-20(16)27-8-4-7-26-17)12-22-19(25)13-23-18(24)11-14-5-2-1-3-6-14/h1-3,5-6,9-10H,4,7-8,11-13H2,(H,22,25)(H,23,24). The zero-order valence-electron chi connectivity index (χ0n) is 14.8. The highest BCUT2D eigenvalue weighted by Gasteiger charge is 2.16. The third-order valence-corrected chi connectivity index (χ3v) is 4.29. The molecular formula is C20H21ClN2O4. The number of fused-ring (bicyclic) bond motifs is 1. The number of carbonyl (C=O) groups excluding carboxylic acids is 2. The fourth-order valence-electron chi connectivity index (χ4n) is 2.67. The smallest absolute Gasteiger partial charge is 0.239 e. The largest absolute Gasteiger partial charge is 0.489 e. The van der Waals surface area contributed by atoms with Crippen LogP contribution in [0.4, 0.5) is 0 Å². The van der Waals surface area contributed by atoms with Crippen molar-refractivity contribution in [2.24, 2.45) is 0 Å². The second-order valence-corrected chi connectivity index (χ2v) is 6.58. The Morgan fingerprint density at radius 3 is 2.56 bits per heavy atom. The van der Waals surface area contributed by atoms with E-state index in [9.17, 15) is 9.59 Å². The van der Waals surface area contributed by atoms with Gasteiger partial charge in [0, 0.05) is 13.0 Å². The molecule has 0 unspecified atom stereocenters. The summed E-state index contributed by atoms with van der Waals surface area (Å²) in [5, 5.41) is 5.83. The molecule has 0 bridgehead atoms. The average Bonchev–Trinajstić information content (AvgIpc) is 2.91. The molecule has 0 fully saturated rings. The van der Waals surface area contributed by atoms with Crippen molar-refractivity contribution in [1.82, 2.24) is 10.6 Å². The number of halogens is 1. The van der Waals surface area contributed by atoms with Gasteiger partial charge in [-0.15, -0.1) is 0 Å². The molecule has 7 heteroatoms. The molecule has 6 nitrogen and oxygen atoms in total. The van der Waals surface area contributed by atoms with E-state index in [1.807, 2.05) is 30.3 Å². The predicted molar refractivity (Wildman–Crippen MR) is 102 cm³/mol. The number of ether oxygens (including phenoxy) is 2. The number of nitrogens with one attached hydrogen (secondary N) is 2. The number of carbonyl (C=O) groups is 2. The van der Waals surface area contributed by atoms with Gasteiger partial charge in [0.1, 0.15) is 0 Å². The Labute approximate surface area is 162 Å². The molecule has 3 rings (SSSR count). The van der Waals surface area contributed by atoms with Crippen LogP contribution in [0.15, 0.2) is 42.5 Å². The lowest BCUT2D eigenvalue weighted by atomic mass is 10.1. The zero-order valence-corrected chi connectivity index (χ0v) is 15.6. The van der Waals surface area contributed by atoms with Crippen LogP contribution < -0.4 is 20.1 Å². The van der Waals surface area contributed by atoms with Crippen LogP contribution in [0.5, 0.6) is 11.5 Å². The summed E-state index contributed by atoms with van der Waals surface area (Å²) in [6, 6.07) is 12.9. The maximum atomic E-state index is 12.0. The molecule has 2 N–H and O–H groups in total. The first-order valence-electron chi connectivity index (χ1n) is 8.77. The van der Waals surface area contributed by atoms with Gasteiger partial charge in [-0.25, -0.2) is 0 Å². The molecule has 0 saturated heterocycles. The highest BCUT2D eigenvalue weighted by Crippen LogP contribution is 2.37. The SMILES string of the molecule is O=C(CNC(=O)Cc1ccccc1)NCc1cc(Cl)c2c(c1)OCCCO2. The third kappa shape index (κ3) is 5.62. The molecule has 0 atom stereocenters. The van der Waals surface area contributed by atoms with Crippen LogP contribution in [0.3, 0.4) is 0 Å². The van der Waals surface area contributed by atoms with Crippen LogP contribution in [0, 0.1) is 0 Å². The van der Waals surface area contributed by atoms with Crippen LogP contribution in [0.25, 0.3) is 0 Å². The summed E-state index contributed by atoms with van der Waals surface area (Å²) in [4.78, 5) is 23.9. The Hall–Kier alpha value is -2.73. The van der Waals surface area contributed by atoms with Crippen molar-refractivity contribution >= 4 is 23.4 Å². The van der Waals surface area contributed by atoms with Gasteiger partial charge in [0.2, 0.25) is 11.8 Å². The summed E-state index contributed by atoms with van der Waals surface area (Å²) in [5.74, 6) is 0.646. The van der Waals surface area contributed by atoms with Gasteiger partial charge in [-0.3, -0.25) is 9.59 Å². The Kier molecular flexibility index (Phi) is 6.54. The monoisotopic (exact) mass is 388 g/mol. The first-order chi connectivity index (χ1) is 13.1. The highest BCUT2D eigenvalue weighted by atomic mass is 35.5. The topological polar surface area (TPSA) is 76.7 Å². The maximum Gasteiger partial charge on any atom is 0.239 e. The Balaban J connectivity index is 1.47. The van der Waals surface area contributed by atoms with Gasteiger partial charge in [-0.1, -0.05) is 41.9 Å². The van der Waals surface area contributed by atoms with Crippen LogP contribution >= 0.6 is 11.6 Å². The quantitative estimate of drug-likeness (QED) is 0.797. The van der Waals surface area contributed by atoms with Crippen molar-refractivity contribution in [3.05, 3.63) is 58.6 Å². The third-order valence-electron chi connectivity index (χ3n) is 4.01. The molecule has 0 radical (unpaired) electrons. The number of amides is 2. The fourth-order valence-corrected chi connectivity index (χ4v) is 2.96. The number of hydrogen-bond donors (Lipinski definition) is 2. The van der Waals surface area contributed by atoms with Crippen molar-refractivity contribution in [1.29, 1.82) is 0 Å². The van der Waals surface area contributed by atoms with Gasteiger partial charge in [-0.2, -0.15) is 0 Å². The second-order valence-electron chi connectivity index (χ2n) is 6.17. The minimum absolute atomic E-state index is 0.0794. The van der Waals surface area contributed by atoms with E-state index in [0.717, 1.165) is 17.5 Å². The van der Waals surface area contributed by atoms with E-state index >= 15 is 0 Å². The molecule has 0 saturated carbocycles. The molecule has 2 amide bonds. The lowest BCUT2D eigenvalue weighted by Gasteiger charge is -2.12. The summed E-state index contributed by atoms with van der Waals surface area (Å²) in [7, 11) is 0. The lowest BCUT2D eigenvalue weighted by Crippen LogP contribution is -2.37. The minimum atomic E-state index is -0.278. The maximum absolute atomic E-state index is 12.0. The molecule has 0 spiro atoms. The molecule has 1 heterocycles. The molecule has 0 aromatic heterocycles. The predicted octanol–water partition coefficient (Wildman–Crippen LogP) is 2.48. The number of hydrogen-bond acceptors (Lipinski definition) is 4. The van der Waals surface area contributed by atoms with E-state index in [1.165, 1.54) is 0 Å². The fraction of sp³-hybridized carbons (Fsp3) is 0.300. The zero-order chi connectivity index (χ0) is 19.1. The minimum Gasteiger partial charge on any atom is -0.489 e. The molecule has 27 heavy (non-hydrogen) atoms. The number of benzene rings is 2. The first kappa shape index (κ1) is 19.0. The van der Waals surface area contributed by atoms with Gasteiger partial charge in [0.05, 0.1) is 31.2 Å². The van der Waals surface area contributed by atoms with E-state index < -0.39 is 0 Å². The van der Waals surface area contributed by atoms with Gasteiger partial charge < -0.3 is 20.1 Å². The summed E-state index contributed by atoms with van der Waals surface area (Å²) in [5.41, 5.74) is 1.70. The molecule has 1 aliphatic rings. The van der Waals surface area contributed by atoms with E-state index in [1.54, 1.807) is 12.1 Å². The van der Waals surface area contributed by atoms with E-state index in [0.29, 0.717) is 29.7 Å². The second kappa shape index (κ2) is 9.28. The molecule has 142 valence electrons. The van der Waals surface area contributed by atoms with Crippen LogP contribution in [-0.2, 0) is 22.6 Å². The van der Waals surface area contributed by atoms with Crippen molar-refractivity contribution in [3.63, 3.8) is 0 Å². The van der Waals surface area contributed by atoms with Crippen LogP contribution in [0.1, 0.15) is 17.5 Å². The number of rotatable bonds is 6. The molecule has 1 aliphatic heterocycles. The molecular weight excluding hydrogens is 368 g/mol.